The zero-order valence-electron chi connectivity index (χ0n) is 17.2. The van der Waals surface area contributed by atoms with Gasteiger partial charge in [0.1, 0.15) is 0 Å². The Labute approximate surface area is 185 Å². The lowest BCUT2D eigenvalue weighted by atomic mass is 9.98. The van der Waals surface area contributed by atoms with E-state index in [1.807, 2.05) is 56.3 Å². The third kappa shape index (κ3) is 4.21. The molecule has 31 heavy (non-hydrogen) atoms. The number of Topliss-reactive ketones (excluding diaryl/α,β-unsaturated/α-hetero) is 1. The number of esters is 1. The summed E-state index contributed by atoms with van der Waals surface area (Å²) in [5, 5.41) is 1.04. The molecule has 0 N–H and O–H groups in total. The molecule has 154 valence electrons. The maximum atomic E-state index is 13.1. The molecule has 4 nitrogen and oxygen atoms in total. The number of ketones is 1. The predicted molar refractivity (Wildman–Crippen MR) is 123 cm³/mol. The maximum Gasteiger partial charge on any atom is 0.339 e. The van der Waals surface area contributed by atoms with Crippen LogP contribution in [0.3, 0.4) is 0 Å². The third-order valence-corrected chi connectivity index (χ3v) is 5.47. The Morgan fingerprint density at radius 3 is 2.32 bits per heavy atom. The molecule has 1 heterocycles. The summed E-state index contributed by atoms with van der Waals surface area (Å²) in [5.74, 6) is -0.838. The van der Waals surface area contributed by atoms with Crippen LogP contribution in [0.25, 0.3) is 22.2 Å². The number of fused-ring (bicyclic) bond motifs is 1. The van der Waals surface area contributed by atoms with E-state index < -0.39 is 5.97 Å². The first-order valence-electron chi connectivity index (χ1n) is 9.87. The van der Waals surface area contributed by atoms with E-state index in [0.717, 1.165) is 11.1 Å². The Balaban J connectivity index is 1.72. The minimum absolute atomic E-state index is 0.259. The highest BCUT2D eigenvalue weighted by atomic mass is 35.5. The predicted octanol–water partition coefficient (Wildman–Crippen LogP) is 6.21. The van der Waals surface area contributed by atoms with Crippen LogP contribution in [0.15, 0.2) is 72.8 Å². The lowest BCUT2D eigenvalue weighted by Gasteiger charge is -2.15. The van der Waals surface area contributed by atoms with Gasteiger partial charge in [0.15, 0.2) is 12.4 Å². The molecular formula is C26H20ClNO3. The fourth-order valence-corrected chi connectivity index (χ4v) is 3.73. The summed E-state index contributed by atoms with van der Waals surface area (Å²) in [6.07, 6.45) is 0. The van der Waals surface area contributed by atoms with Crippen molar-refractivity contribution in [1.29, 1.82) is 0 Å². The number of halogens is 1. The van der Waals surface area contributed by atoms with Crippen LogP contribution in [-0.2, 0) is 4.74 Å². The molecule has 1 aromatic heterocycles. The van der Waals surface area contributed by atoms with Crippen LogP contribution in [0.4, 0.5) is 0 Å². The zero-order chi connectivity index (χ0) is 22.0. The van der Waals surface area contributed by atoms with Crippen LogP contribution in [0.2, 0.25) is 5.02 Å². The molecule has 5 heteroatoms. The molecule has 0 amide bonds. The highest BCUT2D eigenvalue weighted by Gasteiger charge is 2.22. The fourth-order valence-electron chi connectivity index (χ4n) is 3.51. The van der Waals surface area contributed by atoms with E-state index in [0.29, 0.717) is 38.3 Å². The summed E-state index contributed by atoms with van der Waals surface area (Å²) in [7, 11) is 0. The van der Waals surface area contributed by atoms with Gasteiger partial charge in [-0.3, -0.25) is 4.79 Å². The molecule has 4 aromatic rings. The van der Waals surface area contributed by atoms with Crippen molar-refractivity contribution in [3.8, 4) is 11.3 Å². The number of hydrogen-bond acceptors (Lipinski definition) is 4. The number of carbonyl (C=O) groups is 2. The standard InChI is InChI=1S/C26H20ClNO3/c1-16-11-13-18(14-12-16)22(29)15-31-26(30)23-17(2)24(19-7-4-3-5-8-19)28-25-20(23)9-6-10-21(25)27/h3-14H,15H2,1-2H3. The normalized spacial score (nSPS) is 10.8. The summed E-state index contributed by atoms with van der Waals surface area (Å²) in [4.78, 5) is 30.3. The van der Waals surface area contributed by atoms with Crippen molar-refractivity contribution >= 4 is 34.3 Å². The molecule has 0 saturated heterocycles. The summed E-state index contributed by atoms with van der Waals surface area (Å²) in [5.41, 5.74) is 4.63. The highest BCUT2D eigenvalue weighted by Crippen LogP contribution is 2.33. The fraction of sp³-hybridized carbons (Fsp3) is 0.115. The number of aryl methyl sites for hydroxylation is 1. The Bertz CT molecular complexity index is 1280. The number of nitrogens with zero attached hydrogens (tertiary/aromatic N) is 1. The molecular weight excluding hydrogens is 410 g/mol. The topological polar surface area (TPSA) is 56.3 Å². The summed E-state index contributed by atoms with van der Waals surface area (Å²) < 4.78 is 5.43. The van der Waals surface area contributed by atoms with E-state index in [4.69, 9.17) is 21.3 Å². The second-order valence-electron chi connectivity index (χ2n) is 7.33. The number of ether oxygens (including phenoxy) is 1. The molecule has 0 radical (unpaired) electrons. The van der Waals surface area contributed by atoms with E-state index in [1.54, 1.807) is 30.3 Å². The monoisotopic (exact) mass is 429 g/mol. The van der Waals surface area contributed by atoms with E-state index in [9.17, 15) is 9.59 Å². The smallest absolute Gasteiger partial charge is 0.339 e. The maximum absolute atomic E-state index is 13.1. The Hall–Kier alpha value is -3.50. The third-order valence-electron chi connectivity index (χ3n) is 5.17. The molecule has 0 atom stereocenters. The van der Waals surface area contributed by atoms with Gasteiger partial charge in [-0.25, -0.2) is 9.78 Å². The van der Waals surface area contributed by atoms with Crippen LogP contribution in [0.5, 0.6) is 0 Å². The van der Waals surface area contributed by atoms with Crippen LogP contribution in [0.1, 0.15) is 31.8 Å². The molecule has 0 aliphatic heterocycles. The molecule has 3 aromatic carbocycles. The van der Waals surface area contributed by atoms with E-state index in [1.165, 1.54) is 0 Å². The van der Waals surface area contributed by atoms with Crippen molar-refractivity contribution in [3.05, 3.63) is 100 Å². The Kier molecular flexibility index (Phi) is 5.83. The lowest BCUT2D eigenvalue weighted by Crippen LogP contribution is -2.16. The van der Waals surface area contributed by atoms with Gasteiger partial charge >= 0.3 is 5.97 Å². The first kappa shape index (κ1) is 20.8. The molecule has 0 unspecified atom stereocenters. The van der Waals surface area contributed by atoms with Gasteiger partial charge in [-0.1, -0.05) is 83.9 Å². The second kappa shape index (κ2) is 8.70. The molecule has 0 spiro atoms. The highest BCUT2D eigenvalue weighted by molar-refractivity contribution is 6.35. The molecule has 0 aliphatic rings. The van der Waals surface area contributed by atoms with Gasteiger partial charge in [0.25, 0.3) is 0 Å². The van der Waals surface area contributed by atoms with Crippen molar-refractivity contribution in [2.45, 2.75) is 13.8 Å². The number of rotatable bonds is 5. The van der Waals surface area contributed by atoms with Crippen molar-refractivity contribution < 1.29 is 14.3 Å². The van der Waals surface area contributed by atoms with E-state index in [2.05, 4.69) is 0 Å². The molecule has 0 bridgehead atoms. The number of carbonyl (C=O) groups excluding carboxylic acids is 2. The first-order valence-corrected chi connectivity index (χ1v) is 10.2. The molecule has 0 fully saturated rings. The van der Waals surface area contributed by atoms with Crippen LogP contribution >= 0.6 is 11.6 Å². The molecule has 0 saturated carbocycles. The van der Waals surface area contributed by atoms with E-state index in [-0.39, 0.29) is 12.4 Å². The van der Waals surface area contributed by atoms with Crippen molar-refractivity contribution in [3.63, 3.8) is 0 Å². The van der Waals surface area contributed by atoms with Crippen LogP contribution < -0.4 is 0 Å². The molecule has 0 aliphatic carbocycles. The van der Waals surface area contributed by atoms with Gasteiger partial charge in [-0.2, -0.15) is 0 Å². The Morgan fingerprint density at radius 1 is 0.903 bits per heavy atom. The van der Waals surface area contributed by atoms with Crippen molar-refractivity contribution in [2.75, 3.05) is 6.61 Å². The van der Waals surface area contributed by atoms with Gasteiger partial charge in [-0.05, 0) is 25.5 Å². The lowest BCUT2D eigenvalue weighted by molar-refractivity contribution is 0.0476. The summed E-state index contributed by atoms with van der Waals surface area (Å²) >= 11 is 6.40. The number of para-hydroxylation sites is 1. The number of pyridine rings is 1. The van der Waals surface area contributed by atoms with Gasteiger partial charge < -0.3 is 4.74 Å². The van der Waals surface area contributed by atoms with Gasteiger partial charge in [-0.15, -0.1) is 0 Å². The number of benzene rings is 3. The summed E-state index contributed by atoms with van der Waals surface area (Å²) in [6, 6.07) is 22.0. The number of aromatic nitrogens is 1. The van der Waals surface area contributed by atoms with Gasteiger partial charge in [0.2, 0.25) is 0 Å². The quantitative estimate of drug-likeness (QED) is 0.279. The second-order valence-corrected chi connectivity index (χ2v) is 7.73. The first-order chi connectivity index (χ1) is 15.0. The average Bonchev–Trinajstić information content (AvgIpc) is 2.78. The minimum atomic E-state index is -0.579. The van der Waals surface area contributed by atoms with Gasteiger partial charge in [0, 0.05) is 16.5 Å². The Morgan fingerprint density at radius 2 is 1.61 bits per heavy atom. The van der Waals surface area contributed by atoms with Crippen molar-refractivity contribution in [1.82, 2.24) is 4.98 Å². The molecule has 4 rings (SSSR count). The van der Waals surface area contributed by atoms with Gasteiger partial charge in [0.05, 0.1) is 21.8 Å². The van der Waals surface area contributed by atoms with Crippen molar-refractivity contribution in [2.24, 2.45) is 0 Å². The minimum Gasteiger partial charge on any atom is -0.454 e. The van der Waals surface area contributed by atoms with Crippen LogP contribution in [-0.4, -0.2) is 23.3 Å². The average molecular weight is 430 g/mol. The summed E-state index contributed by atoms with van der Waals surface area (Å²) in [6.45, 7) is 3.43. The van der Waals surface area contributed by atoms with Crippen LogP contribution in [0, 0.1) is 13.8 Å². The SMILES string of the molecule is Cc1ccc(C(=O)COC(=O)c2c(C)c(-c3ccccc3)nc3c(Cl)cccc23)cc1. The zero-order valence-corrected chi connectivity index (χ0v) is 17.9. The van der Waals surface area contributed by atoms with E-state index >= 15 is 0 Å². The number of hydrogen-bond donors (Lipinski definition) is 0. The largest absolute Gasteiger partial charge is 0.454 e.